The van der Waals surface area contributed by atoms with Crippen molar-refractivity contribution in [2.75, 3.05) is 47.9 Å². The summed E-state index contributed by atoms with van der Waals surface area (Å²) in [6.45, 7) is 15.2. The molecule has 0 unspecified atom stereocenters. The number of hydrogen-bond donors (Lipinski definition) is 4. The van der Waals surface area contributed by atoms with E-state index in [4.69, 9.17) is 15.3 Å². The van der Waals surface area contributed by atoms with Gasteiger partial charge in [0.2, 0.25) is 11.8 Å². The number of allylic oxidation sites excluding steroid dienone is 3. The Kier molecular flexibility index (Phi) is 11.8. The monoisotopic (exact) mass is 692 g/mol. The molecule has 2 saturated heterocycles. The molecule has 2 heterocycles. The topological polar surface area (TPSA) is 133 Å². The van der Waals surface area contributed by atoms with Gasteiger partial charge in [0.25, 0.3) is 0 Å². The number of likely N-dealkylation sites (N-methyl/N-ethyl adjacent to an activating group) is 2. The summed E-state index contributed by atoms with van der Waals surface area (Å²) in [5.74, 6) is 1.39. The quantitative estimate of drug-likeness (QED) is 0.182. The zero-order valence-corrected chi connectivity index (χ0v) is 31.3. The minimum absolute atomic E-state index is 0.0797. The molecule has 0 spiro atoms. The summed E-state index contributed by atoms with van der Waals surface area (Å²) in [7, 11) is 7.51. The van der Waals surface area contributed by atoms with Crippen LogP contribution < -0.4 is 21.1 Å². The number of hydroxylamine groups is 2. The Morgan fingerprint density at radius 3 is 2.56 bits per heavy atom. The molecule has 0 radical (unpaired) electrons. The van der Waals surface area contributed by atoms with Crippen LogP contribution in [0.4, 0.5) is 0 Å². The third-order valence-corrected chi connectivity index (χ3v) is 12.1. The van der Waals surface area contributed by atoms with Gasteiger partial charge in [-0.25, -0.2) is 0 Å². The number of hydrogen-bond acceptors (Lipinski definition) is 9. The van der Waals surface area contributed by atoms with Gasteiger partial charge in [0.15, 0.2) is 0 Å². The maximum absolute atomic E-state index is 14.2. The average Bonchev–Trinajstić information content (AvgIpc) is 3.65. The van der Waals surface area contributed by atoms with E-state index in [1.165, 1.54) is 6.42 Å². The molecule has 3 saturated carbocycles. The molecule has 2 bridgehead atoms. The van der Waals surface area contributed by atoms with Crippen LogP contribution in [0.3, 0.4) is 0 Å². The van der Waals surface area contributed by atoms with Gasteiger partial charge in [-0.2, -0.15) is 5.06 Å². The van der Waals surface area contributed by atoms with E-state index in [9.17, 15) is 14.7 Å². The molecule has 1 aromatic carbocycles. The number of aliphatic hydroxyl groups excluding tert-OH is 1. The van der Waals surface area contributed by atoms with Gasteiger partial charge < -0.3 is 36.0 Å². The Morgan fingerprint density at radius 2 is 1.98 bits per heavy atom. The summed E-state index contributed by atoms with van der Waals surface area (Å²) in [6.07, 6.45) is 7.07. The van der Waals surface area contributed by atoms with E-state index in [2.05, 4.69) is 49.9 Å². The number of para-hydroxylation sites is 1. The van der Waals surface area contributed by atoms with Crippen molar-refractivity contribution in [2.45, 2.75) is 83.8 Å². The summed E-state index contributed by atoms with van der Waals surface area (Å²) in [5, 5.41) is 19.1. The van der Waals surface area contributed by atoms with Crippen molar-refractivity contribution in [1.82, 2.24) is 25.5 Å². The molecular formula is C39H60N6O5. The Morgan fingerprint density at radius 1 is 1.24 bits per heavy atom. The number of rotatable bonds is 13. The number of fused-ring (bicyclic) bond motifs is 2. The number of nitrogens with one attached hydrogen (secondary N) is 2. The van der Waals surface area contributed by atoms with Crippen LogP contribution in [0.2, 0.25) is 0 Å². The van der Waals surface area contributed by atoms with Crippen molar-refractivity contribution >= 4 is 17.4 Å². The summed E-state index contributed by atoms with van der Waals surface area (Å²) in [5.41, 5.74) is 9.52. The summed E-state index contributed by atoms with van der Waals surface area (Å²) in [4.78, 5) is 37.3. The van der Waals surface area contributed by atoms with E-state index in [1.54, 1.807) is 31.2 Å². The zero-order chi connectivity index (χ0) is 36.5. The van der Waals surface area contributed by atoms with Crippen LogP contribution in [-0.2, 0) is 21.0 Å². The number of benzene rings is 1. The largest absolute Gasteiger partial charge is 0.496 e. The van der Waals surface area contributed by atoms with Crippen LogP contribution in [0.25, 0.3) is 5.57 Å². The normalized spacial score (nSPS) is 31.7. The van der Waals surface area contributed by atoms with E-state index >= 15 is 0 Å². The van der Waals surface area contributed by atoms with Crippen molar-refractivity contribution in [3.8, 4) is 5.75 Å². The van der Waals surface area contributed by atoms with Gasteiger partial charge >= 0.3 is 0 Å². The second-order valence-electron chi connectivity index (χ2n) is 15.9. The maximum Gasteiger partial charge on any atom is 0.244 e. The number of nitrogens with two attached hydrogens (primary N) is 1. The lowest BCUT2D eigenvalue weighted by atomic mass is 9.45. The molecule has 0 aromatic heterocycles. The van der Waals surface area contributed by atoms with Gasteiger partial charge in [-0.15, -0.1) is 0 Å². The molecule has 1 aromatic rings. The van der Waals surface area contributed by atoms with Crippen LogP contribution in [0.1, 0.15) is 58.1 Å². The van der Waals surface area contributed by atoms with E-state index in [0.29, 0.717) is 34.5 Å². The minimum Gasteiger partial charge on any atom is -0.496 e. The number of amides is 2. The highest BCUT2D eigenvalue weighted by Crippen LogP contribution is 2.61. The third kappa shape index (κ3) is 7.82. The molecule has 50 heavy (non-hydrogen) atoms. The fourth-order valence-corrected chi connectivity index (χ4v) is 8.95. The number of aliphatic hydroxyl groups is 1. The molecular weight excluding hydrogens is 632 g/mol. The lowest BCUT2D eigenvalue weighted by Crippen LogP contribution is -2.62. The Bertz CT molecular complexity index is 1470. The SMILES string of the molecule is C=C(/C=C(\C=C\C(=O)N[C@@H]1CCN(C)C1)N(C)C)c1cccc(CN2O[C@@H](CN)[C@@H]([C@H](C)O)[C@H]2C(=O)N[C@H]2C[C@@H]3C[C@H]([C@@H]2C)C3(C)C)c1OC. The molecule has 6 rings (SSSR count). The van der Waals surface area contributed by atoms with E-state index in [1.807, 2.05) is 43.3 Å². The van der Waals surface area contributed by atoms with E-state index in [-0.39, 0.29) is 37.0 Å². The molecule has 276 valence electrons. The van der Waals surface area contributed by atoms with Crippen molar-refractivity contribution in [2.24, 2.45) is 34.8 Å². The van der Waals surface area contributed by atoms with Crippen LogP contribution in [0.15, 0.2) is 48.7 Å². The van der Waals surface area contributed by atoms with Crippen molar-refractivity contribution < 1.29 is 24.3 Å². The number of carbonyl (C=O) groups excluding carboxylic acids is 2. The number of ether oxygens (including phenoxy) is 1. The lowest BCUT2D eigenvalue weighted by Gasteiger charge is -2.62. The summed E-state index contributed by atoms with van der Waals surface area (Å²) >= 11 is 0. The first kappa shape index (κ1) is 38.0. The molecule has 11 heteroatoms. The third-order valence-electron chi connectivity index (χ3n) is 12.1. The van der Waals surface area contributed by atoms with Crippen LogP contribution in [0, 0.1) is 29.1 Å². The number of nitrogens with zero attached hydrogens (tertiary/aromatic N) is 3. The summed E-state index contributed by atoms with van der Waals surface area (Å²) in [6, 6.07) is 5.31. The van der Waals surface area contributed by atoms with Gasteiger partial charge in [-0.3, -0.25) is 14.4 Å². The predicted octanol–water partition coefficient (Wildman–Crippen LogP) is 3.16. The smallest absolute Gasteiger partial charge is 0.244 e. The van der Waals surface area contributed by atoms with Gasteiger partial charge in [0.05, 0.1) is 25.9 Å². The number of likely N-dealkylation sites (tertiary alicyclic amines) is 1. The molecule has 3 aliphatic carbocycles. The first-order valence-corrected chi connectivity index (χ1v) is 18.2. The second kappa shape index (κ2) is 15.6. The molecule has 2 amide bonds. The fourth-order valence-electron chi connectivity index (χ4n) is 8.95. The summed E-state index contributed by atoms with van der Waals surface area (Å²) < 4.78 is 5.98. The Labute approximate surface area is 298 Å². The molecule has 9 atom stereocenters. The van der Waals surface area contributed by atoms with Crippen LogP contribution in [-0.4, -0.2) is 110 Å². The molecule has 5 N–H and O–H groups in total. The highest BCUT2D eigenvalue weighted by Gasteiger charge is 2.57. The van der Waals surface area contributed by atoms with Crippen molar-refractivity contribution in [1.29, 1.82) is 0 Å². The minimum atomic E-state index is -0.808. The van der Waals surface area contributed by atoms with Gasteiger partial charge in [-0.05, 0) is 80.7 Å². The molecule has 5 aliphatic rings. The number of methoxy groups -OCH3 is 1. The average molecular weight is 693 g/mol. The van der Waals surface area contributed by atoms with Gasteiger partial charge in [0.1, 0.15) is 11.8 Å². The lowest BCUT2D eigenvalue weighted by molar-refractivity contribution is -0.175. The fraction of sp³-hybridized carbons (Fsp3) is 0.641. The Balaban J connectivity index is 1.35. The maximum atomic E-state index is 14.2. The molecule has 11 nitrogen and oxygen atoms in total. The van der Waals surface area contributed by atoms with Crippen molar-refractivity contribution in [3.63, 3.8) is 0 Å². The standard InChI is InChI=1S/C39H60N6O5/c1-23(17-29(43(6)7)13-14-34(47)41-28-15-16-44(8)22-28)30-12-10-11-26(37(30)49-9)21-45-36(35(25(3)46)33(20-40)50-45)38(48)42-32-19-27-18-31(24(32)2)39(27,4)5/h10-14,17,24-25,27-28,31-33,35-36,46H,1,15-16,18-22,40H2,2-9H3,(H,41,47)(H,42,48)/b14-13+,29-17+/t24-,25-,27-,28+,31+,32-,33-,35+,36-/m0/s1. The van der Waals surface area contributed by atoms with Gasteiger partial charge in [0, 0.05) is 68.1 Å². The molecule has 5 fully saturated rings. The number of carbonyl (C=O) groups is 2. The van der Waals surface area contributed by atoms with Crippen molar-refractivity contribution in [3.05, 3.63) is 59.8 Å². The highest BCUT2D eigenvalue weighted by molar-refractivity contribution is 5.88. The van der Waals surface area contributed by atoms with E-state index in [0.717, 1.165) is 42.8 Å². The first-order chi connectivity index (χ1) is 23.7. The highest BCUT2D eigenvalue weighted by atomic mass is 16.7. The van der Waals surface area contributed by atoms with Crippen LogP contribution in [0.5, 0.6) is 5.75 Å². The predicted molar refractivity (Wildman–Crippen MR) is 197 cm³/mol. The second-order valence-corrected chi connectivity index (χ2v) is 15.9. The van der Waals surface area contributed by atoms with Crippen LogP contribution >= 0.6 is 0 Å². The molecule has 2 aliphatic heterocycles. The van der Waals surface area contributed by atoms with E-state index < -0.39 is 24.2 Å². The first-order valence-electron chi connectivity index (χ1n) is 18.2. The Hall–Kier alpha value is -3.22. The zero-order valence-electron chi connectivity index (χ0n) is 31.3. The van der Waals surface area contributed by atoms with Gasteiger partial charge in [-0.1, -0.05) is 45.5 Å².